The van der Waals surface area contributed by atoms with Crippen molar-refractivity contribution in [1.29, 1.82) is 0 Å². The third kappa shape index (κ3) is 3.99. The highest BCUT2D eigenvalue weighted by atomic mass is 35.5. The van der Waals surface area contributed by atoms with Gasteiger partial charge in [0, 0.05) is 18.6 Å². The first-order valence-electron chi connectivity index (χ1n) is 5.36. The Bertz CT molecular complexity index is 184. The van der Waals surface area contributed by atoms with E-state index in [1.54, 1.807) is 5.54 Å². The fraction of sp³-hybridized carbons (Fsp3) is 0.818. The Morgan fingerprint density at radius 2 is 2.14 bits per heavy atom. The first-order valence-corrected chi connectivity index (χ1v) is 5.79. The van der Waals surface area contributed by atoms with Crippen LogP contribution in [-0.4, -0.2) is 36.2 Å². The number of hydrogen-bond acceptors (Lipinski definition) is 2. The van der Waals surface area contributed by atoms with Gasteiger partial charge in [-0.3, -0.25) is 0 Å². The fourth-order valence-electron chi connectivity index (χ4n) is 2.10. The summed E-state index contributed by atoms with van der Waals surface area (Å²) in [6.45, 7) is 1.84. The Labute approximate surface area is 91.6 Å². The number of likely N-dealkylation sites (N-methyl/N-ethyl adjacent to an activating group) is 1. The molecule has 14 heavy (non-hydrogen) atoms. The lowest BCUT2D eigenvalue weighted by molar-refractivity contribution is 0.0533. The second-order valence-electron chi connectivity index (χ2n) is 4.19. The number of halogens is 1. The maximum absolute atomic E-state index is 9.77. The van der Waals surface area contributed by atoms with Crippen LogP contribution in [0.3, 0.4) is 0 Å². The average molecular weight is 218 g/mol. The standard InChI is InChI=1S/C11H20ClNO/c1-13(8-4-7-12)9-10-5-2-3-6-11(10)14/h4,7,10-11,14H,2-3,5-6,8-9H2,1H3/b7-4+. The minimum Gasteiger partial charge on any atom is -0.393 e. The molecule has 0 aromatic rings. The van der Waals surface area contributed by atoms with Gasteiger partial charge in [-0.2, -0.15) is 0 Å². The Balaban J connectivity index is 2.26. The molecule has 1 fully saturated rings. The highest BCUT2D eigenvalue weighted by molar-refractivity contribution is 6.25. The van der Waals surface area contributed by atoms with Gasteiger partial charge in [-0.05, 0) is 25.8 Å². The lowest BCUT2D eigenvalue weighted by atomic mass is 9.86. The molecule has 2 atom stereocenters. The van der Waals surface area contributed by atoms with Crippen LogP contribution in [0.4, 0.5) is 0 Å². The van der Waals surface area contributed by atoms with E-state index in [0.717, 1.165) is 25.9 Å². The van der Waals surface area contributed by atoms with Gasteiger partial charge < -0.3 is 10.0 Å². The second-order valence-corrected chi connectivity index (χ2v) is 4.45. The molecule has 1 aliphatic carbocycles. The van der Waals surface area contributed by atoms with Gasteiger partial charge in [-0.1, -0.05) is 30.5 Å². The van der Waals surface area contributed by atoms with Gasteiger partial charge in [-0.25, -0.2) is 0 Å². The van der Waals surface area contributed by atoms with Crippen LogP contribution in [0, 0.1) is 5.92 Å². The quantitative estimate of drug-likeness (QED) is 0.781. The molecule has 2 unspecified atom stereocenters. The average Bonchev–Trinajstić information content (AvgIpc) is 2.18. The third-order valence-electron chi connectivity index (χ3n) is 2.92. The zero-order valence-electron chi connectivity index (χ0n) is 8.82. The van der Waals surface area contributed by atoms with Crippen LogP contribution in [0.15, 0.2) is 11.6 Å². The normalized spacial score (nSPS) is 28.9. The van der Waals surface area contributed by atoms with Gasteiger partial charge in [0.1, 0.15) is 0 Å². The van der Waals surface area contributed by atoms with Crippen molar-refractivity contribution >= 4 is 11.6 Å². The largest absolute Gasteiger partial charge is 0.393 e. The molecule has 1 N–H and O–H groups in total. The molecule has 0 aromatic carbocycles. The monoisotopic (exact) mass is 217 g/mol. The summed E-state index contributed by atoms with van der Waals surface area (Å²) in [5, 5.41) is 9.77. The van der Waals surface area contributed by atoms with E-state index in [4.69, 9.17) is 11.6 Å². The molecule has 0 bridgehead atoms. The summed E-state index contributed by atoms with van der Waals surface area (Å²) in [5.41, 5.74) is 1.55. The zero-order chi connectivity index (χ0) is 10.4. The number of aliphatic hydroxyl groups is 1. The minimum absolute atomic E-state index is 0.0915. The van der Waals surface area contributed by atoms with Crippen molar-refractivity contribution in [3.63, 3.8) is 0 Å². The van der Waals surface area contributed by atoms with Crippen LogP contribution >= 0.6 is 11.6 Å². The lowest BCUT2D eigenvalue weighted by Gasteiger charge is -2.30. The SMILES string of the molecule is CN(C/C=C/Cl)CC1CCCCC1O. The zero-order valence-corrected chi connectivity index (χ0v) is 9.58. The van der Waals surface area contributed by atoms with E-state index in [-0.39, 0.29) is 6.10 Å². The van der Waals surface area contributed by atoms with Crippen molar-refractivity contribution in [2.24, 2.45) is 5.92 Å². The summed E-state index contributed by atoms with van der Waals surface area (Å²) in [7, 11) is 2.07. The molecule has 82 valence electrons. The molecule has 2 nitrogen and oxygen atoms in total. The summed E-state index contributed by atoms with van der Waals surface area (Å²) in [4.78, 5) is 2.21. The van der Waals surface area contributed by atoms with Crippen LogP contribution < -0.4 is 0 Å². The van der Waals surface area contributed by atoms with Gasteiger partial charge in [0.15, 0.2) is 0 Å². The van der Waals surface area contributed by atoms with Crippen molar-refractivity contribution in [3.8, 4) is 0 Å². The van der Waals surface area contributed by atoms with Crippen molar-refractivity contribution in [3.05, 3.63) is 11.6 Å². The van der Waals surface area contributed by atoms with E-state index >= 15 is 0 Å². The van der Waals surface area contributed by atoms with Crippen molar-refractivity contribution in [1.82, 2.24) is 4.90 Å². The van der Waals surface area contributed by atoms with Crippen molar-refractivity contribution < 1.29 is 5.11 Å². The highest BCUT2D eigenvalue weighted by Gasteiger charge is 2.23. The summed E-state index contributed by atoms with van der Waals surface area (Å²) in [6, 6.07) is 0. The predicted octanol–water partition coefficient (Wildman–Crippen LogP) is 2.22. The molecule has 3 heteroatoms. The van der Waals surface area contributed by atoms with Gasteiger partial charge in [-0.15, -0.1) is 0 Å². The third-order valence-corrected chi connectivity index (χ3v) is 3.10. The molecule has 0 aliphatic heterocycles. The van der Waals surface area contributed by atoms with Crippen LogP contribution in [0.1, 0.15) is 25.7 Å². The maximum atomic E-state index is 9.77. The van der Waals surface area contributed by atoms with Crippen LogP contribution in [0.5, 0.6) is 0 Å². The Hall–Kier alpha value is -0.0500. The van der Waals surface area contributed by atoms with Crippen molar-refractivity contribution in [2.45, 2.75) is 31.8 Å². The summed E-state index contributed by atoms with van der Waals surface area (Å²) >= 11 is 5.46. The molecule has 1 saturated carbocycles. The number of rotatable bonds is 4. The molecular formula is C11H20ClNO. The number of aliphatic hydroxyl groups excluding tert-OH is 1. The summed E-state index contributed by atoms with van der Waals surface area (Å²) in [5.74, 6) is 0.456. The van der Waals surface area contributed by atoms with E-state index in [1.807, 2.05) is 6.08 Å². The molecule has 0 aromatic heterocycles. The second kappa shape index (κ2) is 6.44. The molecule has 0 amide bonds. The summed E-state index contributed by atoms with van der Waals surface area (Å²) < 4.78 is 0. The molecule has 0 saturated heterocycles. The highest BCUT2D eigenvalue weighted by Crippen LogP contribution is 2.24. The molecule has 1 rings (SSSR count). The predicted molar refractivity (Wildman–Crippen MR) is 60.5 cm³/mol. The first-order chi connectivity index (χ1) is 6.74. The Morgan fingerprint density at radius 3 is 2.79 bits per heavy atom. The van der Waals surface area contributed by atoms with Gasteiger partial charge >= 0.3 is 0 Å². The minimum atomic E-state index is -0.0915. The number of hydrogen-bond donors (Lipinski definition) is 1. The van der Waals surface area contributed by atoms with Gasteiger partial charge in [0.05, 0.1) is 6.10 Å². The topological polar surface area (TPSA) is 23.5 Å². The van der Waals surface area contributed by atoms with Crippen LogP contribution in [0.25, 0.3) is 0 Å². The smallest absolute Gasteiger partial charge is 0.0580 e. The van der Waals surface area contributed by atoms with Gasteiger partial charge in [0.25, 0.3) is 0 Å². The molecule has 0 spiro atoms. The van der Waals surface area contributed by atoms with Gasteiger partial charge in [0.2, 0.25) is 0 Å². The van der Waals surface area contributed by atoms with Crippen molar-refractivity contribution in [2.75, 3.05) is 20.1 Å². The van der Waals surface area contributed by atoms with Crippen LogP contribution in [0.2, 0.25) is 0 Å². The summed E-state index contributed by atoms with van der Waals surface area (Å²) in [6.07, 6.45) is 6.42. The van der Waals surface area contributed by atoms with E-state index in [1.165, 1.54) is 12.8 Å². The fourth-order valence-corrected chi connectivity index (χ4v) is 2.18. The molecule has 1 aliphatic rings. The lowest BCUT2D eigenvalue weighted by Crippen LogP contribution is -2.35. The van der Waals surface area contributed by atoms with E-state index in [9.17, 15) is 5.11 Å². The molecule has 0 radical (unpaired) electrons. The Kier molecular flexibility index (Phi) is 5.53. The van der Waals surface area contributed by atoms with E-state index < -0.39 is 0 Å². The molecule has 0 heterocycles. The maximum Gasteiger partial charge on any atom is 0.0580 e. The molecular weight excluding hydrogens is 198 g/mol. The first kappa shape index (κ1) is 12.0. The number of nitrogens with zero attached hydrogens (tertiary/aromatic N) is 1. The van der Waals surface area contributed by atoms with E-state index in [2.05, 4.69) is 11.9 Å². The van der Waals surface area contributed by atoms with Crippen LogP contribution in [-0.2, 0) is 0 Å². The van der Waals surface area contributed by atoms with E-state index in [0.29, 0.717) is 5.92 Å². The Morgan fingerprint density at radius 1 is 1.43 bits per heavy atom.